The lowest BCUT2D eigenvalue weighted by molar-refractivity contribution is 0.119. The molecule has 80 valence electrons. The van der Waals surface area contributed by atoms with Gasteiger partial charge in [-0.05, 0) is 18.6 Å². The molecule has 1 N–H and O–H groups in total. The minimum atomic E-state index is -0.736. The number of aliphatic hydroxyl groups excluding tert-OH is 1. The molecule has 0 aliphatic carbocycles. The first-order chi connectivity index (χ1) is 7.20. The first kappa shape index (κ1) is 10.5. The molecule has 3 heteroatoms. The van der Waals surface area contributed by atoms with E-state index in [0.29, 0.717) is 23.0 Å². The Morgan fingerprint density at radius 3 is 2.93 bits per heavy atom. The van der Waals surface area contributed by atoms with Crippen molar-refractivity contribution >= 4 is 11.6 Å². The summed E-state index contributed by atoms with van der Waals surface area (Å²) in [5, 5.41) is 10.7. The lowest BCUT2D eigenvalue weighted by atomic mass is 10.0. The molecule has 0 spiro atoms. The van der Waals surface area contributed by atoms with Crippen molar-refractivity contribution < 1.29 is 9.84 Å². The molecule has 1 atom stereocenters. The summed E-state index contributed by atoms with van der Waals surface area (Å²) < 4.78 is 5.32. The topological polar surface area (TPSA) is 29.5 Å². The Labute approximate surface area is 94.1 Å². The molecule has 0 fully saturated rings. The maximum Gasteiger partial charge on any atom is 0.137 e. The lowest BCUT2D eigenvalue weighted by Crippen LogP contribution is -2.03. The van der Waals surface area contributed by atoms with Crippen LogP contribution in [0.4, 0.5) is 0 Å². The van der Waals surface area contributed by atoms with Crippen LogP contribution < -0.4 is 0 Å². The normalized spacial score (nSPS) is 17.1. The van der Waals surface area contributed by atoms with Gasteiger partial charge in [0.05, 0.1) is 6.61 Å². The molecule has 2 nitrogen and oxygen atoms in total. The standard InChI is InChI=1S/C12H13ClO2/c1-8-4-2-5-9(11(8)13)12(14)10-6-3-7-15-10/h2,4-6,12,14H,3,7H2,1H3. The molecular weight excluding hydrogens is 212 g/mol. The van der Waals surface area contributed by atoms with Crippen LogP contribution in [0.25, 0.3) is 0 Å². The summed E-state index contributed by atoms with van der Waals surface area (Å²) in [4.78, 5) is 0. The minimum Gasteiger partial charge on any atom is -0.495 e. The van der Waals surface area contributed by atoms with Crippen LogP contribution in [0.3, 0.4) is 0 Å². The third-order valence-electron chi connectivity index (χ3n) is 2.52. The van der Waals surface area contributed by atoms with Crippen LogP contribution in [0.1, 0.15) is 23.7 Å². The predicted molar refractivity (Wildman–Crippen MR) is 59.8 cm³/mol. The second-order valence-corrected chi connectivity index (χ2v) is 4.00. The van der Waals surface area contributed by atoms with Gasteiger partial charge in [0.15, 0.2) is 0 Å². The molecule has 1 unspecified atom stereocenters. The average Bonchev–Trinajstić information content (AvgIpc) is 2.74. The van der Waals surface area contributed by atoms with Gasteiger partial charge >= 0.3 is 0 Å². The lowest BCUT2D eigenvalue weighted by Gasteiger charge is -2.15. The van der Waals surface area contributed by atoms with Crippen molar-refractivity contribution in [3.63, 3.8) is 0 Å². The van der Waals surface area contributed by atoms with Crippen LogP contribution in [-0.2, 0) is 4.74 Å². The second kappa shape index (κ2) is 4.25. The number of rotatable bonds is 2. The first-order valence-corrected chi connectivity index (χ1v) is 5.34. The molecule has 1 aliphatic heterocycles. The van der Waals surface area contributed by atoms with Gasteiger partial charge in [0.2, 0.25) is 0 Å². The van der Waals surface area contributed by atoms with Crippen molar-refractivity contribution in [3.05, 3.63) is 46.2 Å². The van der Waals surface area contributed by atoms with Gasteiger partial charge in [-0.1, -0.05) is 29.8 Å². The third kappa shape index (κ3) is 2.01. The monoisotopic (exact) mass is 224 g/mol. The van der Waals surface area contributed by atoms with Crippen molar-refractivity contribution in [3.8, 4) is 0 Å². The maximum atomic E-state index is 10.0. The van der Waals surface area contributed by atoms with E-state index in [1.807, 2.05) is 31.2 Å². The largest absolute Gasteiger partial charge is 0.495 e. The molecule has 0 amide bonds. The molecule has 0 radical (unpaired) electrons. The number of aliphatic hydroxyl groups is 1. The molecule has 0 saturated carbocycles. The van der Waals surface area contributed by atoms with E-state index in [2.05, 4.69) is 0 Å². The molecule has 1 aromatic rings. The Morgan fingerprint density at radius 2 is 2.27 bits per heavy atom. The van der Waals surface area contributed by atoms with Crippen LogP contribution in [0.5, 0.6) is 0 Å². The molecule has 15 heavy (non-hydrogen) atoms. The van der Waals surface area contributed by atoms with E-state index in [-0.39, 0.29) is 0 Å². The second-order valence-electron chi connectivity index (χ2n) is 3.62. The van der Waals surface area contributed by atoms with Gasteiger partial charge in [-0.15, -0.1) is 0 Å². The number of benzene rings is 1. The number of hydrogen-bond acceptors (Lipinski definition) is 2. The molecule has 2 rings (SSSR count). The molecule has 1 heterocycles. The van der Waals surface area contributed by atoms with Crippen molar-refractivity contribution in [1.82, 2.24) is 0 Å². The zero-order valence-electron chi connectivity index (χ0n) is 8.53. The zero-order chi connectivity index (χ0) is 10.8. The minimum absolute atomic E-state index is 0.612. The third-order valence-corrected chi connectivity index (χ3v) is 3.03. The molecule has 1 aromatic carbocycles. The van der Waals surface area contributed by atoms with E-state index >= 15 is 0 Å². The van der Waals surface area contributed by atoms with E-state index in [1.165, 1.54) is 0 Å². The average molecular weight is 225 g/mol. The summed E-state index contributed by atoms with van der Waals surface area (Å²) in [5.41, 5.74) is 1.68. The number of aryl methyl sites for hydroxylation is 1. The first-order valence-electron chi connectivity index (χ1n) is 4.96. The SMILES string of the molecule is Cc1cccc(C(O)C2=CCCO2)c1Cl. The maximum absolute atomic E-state index is 10.0. The van der Waals surface area contributed by atoms with Gasteiger partial charge in [0, 0.05) is 17.0 Å². The highest BCUT2D eigenvalue weighted by atomic mass is 35.5. The van der Waals surface area contributed by atoms with Crippen molar-refractivity contribution in [2.75, 3.05) is 6.61 Å². The highest BCUT2D eigenvalue weighted by Crippen LogP contribution is 2.32. The Bertz CT molecular complexity index is 399. The van der Waals surface area contributed by atoms with Gasteiger partial charge < -0.3 is 9.84 Å². The van der Waals surface area contributed by atoms with Crippen LogP contribution in [0, 0.1) is 6.92 Å². The predicted octanol–water partition coefficient (Wildman–Crippen LogP) is 2.99. The molecule has 0 bridgehead atoms. The van der Waals surface area contributed by atoms with E-state index in [1.54, 1.807) is 0 Å². The zero-order valence-corrected chi connectivity index (χ0v) is 9.29. The van der Waals surface area contributed by atoms with Gasteiger partial charge in [0.1, 0.15) is 11.9 Å². The molecule has 1 aliphatic rings. The fraction of sp³-hybridized carbons (Fsp3) is 0.333. The Morgan fingerprint density at radius 1 is 1.47 bits per heavy atom. The summed E-state index contributed by atoms with van der Waals surface area (Å²) in [6.45, 7) is 2.57. The number of ether oxygens (including phenoxy) is 1. The smallest absolute Gasteiger partial charge is 0.137 e. The van der Waals surface area contributed by atoms with E-state index in [4.69, 9.17) is 16.3 Å². The number of halogens is 1. The van der Waals surface area contributed by atoms with Crippen LogP contribution in [0.2, 0.25) is 5.02 Å². The number of hydrogen-bond donors (Lipinski definition) is 1. The fourth-order valence-corrected chi connectivity index (χ4v) is 1.89. The van der Waals surface area contributed by atoms with Gasteiger partial charge in [-0.3, -0.25) is 0 Å². The summed E-state index contributed by atoms with van der Waals surface area (Å²) in [6, 6.07) is 5.63. The Balaban J connectivity index is 2.32. The van der Waals surface area contributed by atoms with E-state index < -0.39 is 6.10 Å². The van der Waals surface area contributed by atoms with Crippen molar-refractivity contribution in [2.24, 2.45) is 0 Å². The van der Waals surface area contributed by atoms with Gasteiger partial charge in [0.25, 0.3) is 0 Å². The van der Waals surface area contributed by atoms with Gasteiger partial charge in [-0.25, -0.2) is 0 Å². The van der Waals surface area contributed by atoms with Crippen LogP contribution in [0.15, 0.2) is 30.0 Å². The van der Waals surface area contributed by atoms with Gasteiger partial charge in [-0.2, -0.15) is 0 Å². The van der Waals surface area contributed by atoms with Crippen molar-refractivity contribution in [1.29, 1.82) is 0 Å². The Kier molecular flexibility index (Phi) is 2.98. The van der Waals surface area contributed by atoms with E-state index in [0.717, 1.165) is 12.0 Å². The quantitative estimate of drug-likeness (QED) is 0.837. The molecule has 0 saturated heterocycles. The van der Waals surface area contributed by atoms with Crippen molar-refractivity contribution in [2.45, 2.75) is 19.4 Å². The summed E-state index contributed by atoms with van der Waals surface area (Å²) >= 11 is 6.12. The summed E-state index contributed by atoms with van der Waals surface area (Å²) in [6.07, 6.45) is 2.03. The fourth-order valence-electron chi connectivity index (χ4n) is 1.66. The Hall–Kier alpha value is -0.990. The summed E-state index contributed by atoms with van der Waals surface area (Å²) in [7, 11) is 0. The van der Waals surface area contributed by atoms with Crippen LogP contribution in [-0.4, -0.2) is 11.7 Å². The highest BCUT2D eigenvalue weighted by Gasteiger charge is 2.20. The van der Waals surface area contributed by atoms with Crippen LogP contribution >= 0.6 is 11.6 Å². The molecular formula is C12H13ClO2. The molecule has 0 aromatic heterocycles. The highest BCUT2D eigenvalue weighted by molar-refractivity contribution is 6.32. The van der Waals surface area contributed by atoms with E-state index in [9.17, 15) is 5.11 Å². The summed E-state index contributed by atoms with van der Waals surface area (Å²) in [5.74, 6) is 0.613.